The van der Waals surface area contributed by atoms with E-state index in [9.17, 15) is 4.79 Å². The number of hydrogen-bond acceptors (Lipinski definition) is 1. The minimum Gasteiger partial charge on any atom is -0.299 e. The summed E-state index contributed by atoms with van der Waals surface area (Å²) in [5.41, 5.74) is 0.132. The van der Waals surface area contributed by atoms with Gasteiger partial charge in [0.15, 0.2) is 0 Å². The number of nitrogens with zero attached hydrogens (tertiary/aromatic N) is 2. The van der Waals surface area contributed by atoms with Crippen LogP contribution in [0, 0.1) is 0 Å². The molecule has 0 fully saturated rings. The number of aromatic nitrogens is 2. The van der Waals surface area contributed by atoms with Crippen molar-refractivity contribution < 1.29 is 0 Å². The topological polar surface area (TPSA) is 26.9 Å². The Morgan fingerprint density at radius 2 is 1.58 bits per heavy atom. The Balaban J connectivity index is 2.14. The first-order chi connectivity index (χ1) is 9.16. The molecule has 1 rings (SSSR count). The standard InChI is InChI=1S/C15H27BrN2O/c1-14(2)18-13-12-17(15(18)19)11-9-7-5-3-4-6-8-10-16/h12-14H,3-11H2,1-2H3. The van der Waals surface area contributed by atoms with E-state index in [1.807, 2.05) is 30.8 Å². The highest BCUT2D eigenvalue weighted by molar-refractivity contribution is 9.09. The third kappa shape index (κ3) is 5.98. The molecule has 1 aromatic rings. The van der Waals surface area contributed by atoms with Crippen molar-refractivity contribution in [2.45, 2.75) is 71.4 Å². The van der Waals surface area contributed by atoms with Crippen LogP contribution in [-0.4, -0.2) is 14.5 Å². The second-order valence-corrected chi connectivity index (χ2v) is 6.23. The molecule has 1 aromatic heterocycles. The molecule has 110 valence electrons. The van der Waals surface area contributed by atoms with Gasteiger partial charge in [-0.2, -0.15) is 0 Å². The molecule has 4 heteroatoms. The van der Waals surface area contributed by atoms with Gasteiger partial charge in [-0.05, 0) is 26.7 Å². The maximum absolute atomic E-state index is 12.0. The highest BCUT2D eigenvalue weighted by atomic mass is 79.9. The van der Waals surface area contributed by atoms with E-state index in [4.69, 9.17) is 0 Å². The molecule has 0 unspecified atom stereocenters. The summed E-state index contributed by atoms with van der Waals surface area (Å²) in [6, 6.07) is 0.253. The summed E-state index contributed by atoms with van der Waals surface area (Å²) >= 11 is 3.45. The van der Waals surface area contributed by atoms with Gasteiger partial charge in [-0.3, -0.25) is 9.13 Å². The van der Waals surface area contributed by atoms with Crippen molar-refractivity contribution in [3.8, 4) is 0 Å². The average Bonchev–Trinajstić information content (AvgIpc) is 2.74. The number of imidazole rings is 1. The van der Waals surface area contributed by atoms with Crippen LogP contribution in [0.2, 0.25) is 0 Å². The molecule has 0 aliphatic carbocycles. The molecule has 0 radical (unpaired) electrons. The Kier molecular flexibility index (Phi) is 8.19. The summed E-state index contributed by atoms with van der Waals surface area (Å²) in [6.45, 7) is 4.94. The van der Waals surface area contributed by atoms with Gasteiger partial charge in [-0.1, -0.05) is 48.0 Å². The van der Waals surface area contributed by atoms with Crippen LogP contribution in [-0.2, 0) is 6.54 Å². The third-order valence-electron chi connectivity index (χ3n) is 3.46. The van der Waals surface area contributed by atoms with Crippen LogP contribution in [0.1, 0.15) is 64.8 Å². The first kappa shape index (κ1) is 16.5. The summed E-state index contributed by atoms with van der Waals surface area (Å²) < 4.78 is 3.63. The Bertz CT molecular complexity index is 395. The Labute approximate surface area is 125 Å². The van der Waals surface area contributed by atoms with E-state index in [1.54, 1.807) is 4.57 Å². The van der Waals surface area contributed by atoms with Gasteiger partial charge >= 0.3 is 5.69 Å². The van der Waals surface area contributed by atoms with E-state index in [1.165, 1.54) is 38.5 Å². The molecule has 3 nitrogen and oxygen atoms in total. The predicted molar refractivity (Wildman–Crippen MR) is 85.2 cm³/mol. The lowest BCUT2D eigenvalue weighted by Crippen LogP contribution is -2.25. The monoisotopic (exact) mass is 330 g/mol. The molecule has 0 bridgehead atoms. The molecule has 0 atom stereocenters. The number of rotatable bonds is 10. The van der Waals surface area contributed by atoms with E-state index in [2.05, 4.69) is 15.9 Å². The highest BCUT2D eigenvalue weighted by Crippen LogP contribution is 2.08. The van der Waals surface area contributed by atoms with Crippen molar-refractivity contribution in [3.05, 3.63) is 22.9 Å². The molecule has 0 saturated heterocycles. The number of hydrogen-bond donors (Lipinski definition) is 0. The second-order valence-electron chi connectivity index (χ2n) is 5.44. The van der Waals surface area contributed by atoms with Gasteiger partial charge in [-0.15, -0.1) is 0 Å². The molecule has 0 aromatic carbocycles. The van der Waals surface area contributed by atoms with Crippen LogP contribution in [0.4, 0.5) is 0 Å². The van der Waals surface area contributed by atoms with Crippen molar-refractivity contribution in [1.29, 1.82) is 0 Å². The van der Waals surface area contributed by atoms with E-state index in [-0.39, 0.29) is 11.7 Å². The fourth-order valence-corrected chi connectivity index (χ4v) is 2.65. The van der Waals surface area contributed by atoms with Crippen LogP contribution in [0.5, 0.6) is 0 Å². The van der Waals surface area contributed by atoms with Crippen LogP contribution < -0.4 is 5.69 Å². The van der Waals surface area contributed by atoms with Gasteiger partial charge in [0, 0.05) is 30.3 Å². The SMILES string of the molecule is CC(C)n1ccn(CCCCCCCCCBr)c1=O. The molecule has 1 heterocycles. The molecule has 19 heavy (non-hydrogen) atoms. The molecular formula is C15H27BrN2O. The highest BCUT2D eigenvalue weighted by Gasteiger charge is 2.05. The largest absolute Gasteiger partial charge is 0.328 e. The van der Waals surface area contributed by atoms with Crippen molar-refractivity contribution in [2.24, 2.45) is 0 Å². The van der Waals surface area contributed by atoms with Crippen LogP contribution in [0.3, 0.4) is 0 Å². The summed E-state index contributed by atoms with van der Waals surface area (Å²) in [6.07, 6.45) is 12.7. The zero-order valence-electron chi connectivity index (χ0n) is 12.3. The average molecular weight is 331 g/mol. The Hall–Kier alpha value is -0.510. The van der Waals surface area contributed by atoms with E-state index in [0.29, 0.717) is 0 Å². The predicted octanol–water partition coefficient (Wildman–Crippen LogP) is 4.36. The van der Waals surface area contributed by atoms with E-state index >= 15 is 0 Å². The zero-order valence-corrected chi connectivity index (χ0v) is 13.9. The van der Waals surface area contributed by atoms with Crippen LogP contribution >= 0.6 is 15.9 Å². The number of alkyl halides is 1. The minimum absolute atomic E-state index is 0.132. The van der Waals surface area contributed by atoms with Gasteiger partial charge in [0.2, 0.25) is 0 Å². The quantitative estimate of drug-likeness (QED) is 0.462. The first-order valence-corrected chi connectivity index (χ1v) is 8.62. The van der Waals surface area contributed by atoms with Crippen LogP contribution in [0.15, 0.2) is 17.2 Å². The number of halogens is 1. The fourth-order valence-electron chi connectivity index (χ4n) is 2.25. The lowest BCUT2D eigenvalue weighted by Gasteiger charge is -2.05. The zero-order chi connectivity index (χ0) is 14.1. The minimum atomic E-state index is 0.132. The molecule has 0 spiro atoms. The molecule has 0 amide bonds. The first-order valence-electron chi connectivity index (χ1n) is 7.50. The summed E-state index contributed by atoms with van der Waals surface area (Å²) in [7, 11) is 0. The third-order valence-corrected chi connectivity index (χ3v) is 4.02. The maximum Gasteiger partial charge on any atom is 0.328 e. The lowest BCUT2D eigenvalue weighted by atomic mass is 10.1. The van der Waals surface area contributed by atoms with Crippen molar-refractivity contribution in [3.63, 3.8) is 0 Å². The molecular weight excluding hydrogens is 304 g/mol. The number of aryl methyl sites for hydroxylation is 1. The molecule has 0 N–H and O–H groups in total. The summed E-state index contributed by atoms with van der Waals surface area (Å²) in [5, 5.41) is 1.13. The smallest absolute Gasteiger partial charge is 0.299 e. The van der Waals surface area contributed by atoms with Gasteiger partial charge in [0.25, 0.3) is 0 Å². The maximum atomic E-state index is 12.0. The molecule has 0 aliphatic rings. The Morgan fingerprint density at radius 3 is 2.11 bits per heavy atom. The van der Waals surface area contributed by atoms with Gasteiger partial charge < -0.3 is 0 Å². The second kappa shape index (κ2) is 9.40. The van der Waals surface area contributed by atoms with Gasteiger partial charge in [-0.25, -0.2) is 4.79 Å². The lowest BCUT2D eigenvalue weighted by molar-refractivity contribution is 0.519. The van der Waals surface area contributed by atoms with Crippen molar-refractivity contribution >= 4 is 15.9 Å². The Morgan fingerprint density at radius 1 is 1.00 bits per heavy atom. The van der Waals surface area contributed by atoms with Crippen LogP contribution in [0.25, 0.3) is 0 Å². The normalized spacial score (nSPS) is 11.4. The van der Waals surface area contributed by atoms with E-state index in [0.717, 1.165) is 18.3 Å². The van der Waals surface area contributed by atoms with Gasteiger partial charge in [0.05, 0.1) is 0 Å². The summed E-state index contributed by atoms with van der Waals surface area (Å²) in [5.74, 6) is 0. The summed E-state index contributed by atoms with van der Waals surface area (Å²) in [4.78, 5) is 12.0. The van der Waals surface area contributed by atoms with Crippen molar-refractivity contribution in [1.82, 2.24) is 9.13 Å². The fraction of sp³-hybridized carbons (Fsp3) is 0.800. The molecule has 0 aliphatic heterocycles. The van der Waals surface area contributed by atoms with E-state index < -0.39 is 0 Å². The number of unbranched alkanes of at least 4 members (excludes halogenated alkanes) is 6. The van der Waals surface area contributed by atoms with Crippen molar-refractivity contribution in [2.75, 3.05) is 5.33 Å². The van der Waals surface area contributed by atoms with Gasteiger partial charge in [0.1, 0.15) is 0 Å². The molecule has 0 saturated carbocycles.